The van der Waals surface area contributed by atoms with Crippen LogP contribution in [0.25, 0.3) is 0 Å². The topological polar surface area (TPSA) is 38.0 Å². The quantitative estimate of drug-likeness (QED) is 0.581. The second kappa shape index (κ2) is 7.93. The van der Waals surface area contributed by atoms with Gasteiger partial charge in [0.1, 0.15) is 0 Å². The summed E-state index contributed by atoms with van der Waals surface area (Å²) in [5.74, 6) is 6.65. The Kier molecular flexibility index (Phi) is 6.18. The number of thiophene rings is 1. The van der Waals surface area contributed by atoms with Crippen LogP contribution in [0.5, 0.6) is 0 Å². The molecule has 102 valence electrons. The molecule has 1 fully saturated rings. The minimum absolute atomic E-state index is 0.494. The molecule has 1 aromatic heterocycles. The fraction of sp³-hybridized carbons (Fsp3) is 0.733. The molecule has 1 unspecified atom stereocenters. The van der Waals surface area contributed by atoms with Crippen molar-refractivity contribution in [3.63, 3.8) is 0 Å². The number of hydrogen-bond donors (Lipinski definition) is 2. The van der Waals surface area contributed by atoms with Gasteiger partial charge in [-0.3, -0.25) is 11.3 Å². The second-order valence-electron chi connectivity index (χ2n) is 5.56. The molecule has 3 heteroatoms. The van der Waals surface area contributed by atoms with Gasteiger partial charge in [-0.05, 0) is 43.0 Å². The van der Waals surface area contributed by atoms with E-state index >= 15 is 0 Å². The third kappa shape index (κ3) is 4.71. The Morgan fingerprint density at radius 1 is 1.28 bits per heavy atom. The first-order valence-electron chi connectivity index (χ1n) is 7.37. The smallest absolute Gasteiger partial charge is 0.0214 e. The predicted octanol–water partition coefficient (Wildman–Crippen LogP) is 3.87. The Morgan fingerprint density at radius 2 is 2.11 bits per heavy atom. The summed E-state index contributed by atoms with van der Waals surface area (Å²) in [7, 11) is 0. The van der Waals surface area contributed by atoms with Crippen LogP contribution in [0.1, 0.15) is 56.2 Å². The molecule has 1 aromatic rings. The molecule has 1 saturated carbocycles. The van der Waals surface area contributed by atoms with E-state index in [1.165, 1.54) is 56.2 Å². The van der Waals surface area contributed by atoms with Crippen LogP contribution in [0, 0.1) is 5.92 Å². The summed E-state index contributed by atoms with van der Waals surface area (Å²) < 4.78 is 0. The third-order valence-corrected chi connectivity index (χ3v) is 5.14. The lowest BCUT2D eigenvalue weighted by Gasteiger charge is -2.24. The van der Waals surface area contributed by atoms with E-state index in [0.29, 0.717) is 6.04 Å². The summed E-state index contributed by atoms with van der Waals surface area (Å²) in [6.07, 6.45) is 12.2. The monoisotopic (exact) mass is 266 g/mol. The van der Waals surface area contributed by atoms with Gasteiger partial charge in [-0.25, -0.2) is 0 Å². The first-order chi connectivity index (χ1) is 8.88. The van der Waals surface area contributed by atoms with E-state index in [2.05, 4.69) is 22.9 Å². The number of nitrogens with two attached hydrogens (primary N) is 1. The van der Waals surface area contributed by atoms with Gasteiger partial charge >= 0.3 is 0 Å². The SMILES string of the molecule is NNC(CCc1cccs1)CCC1CCCCC1. The molecule has 1 aliphatic rings. The molecule has 0 saturated heterocycles. The molecule has 0 radical (unpaired) electrons. The molecule has 2 rings (SSSR count). The third-order valence-electron chi connectivity index (χ3n) is 4.20. The maximum Gasteiger partial charge on any atom is 0.0214 e. The van der Waals surface area contributed by atoms with Crippen LogP contribution in [-0.4, -0.2) is 6.04 Å². The van der Waals surface area contributed by atoms with Gasteiger partial charge in [0.05, 0.1) is 0 Å². The molecule has 1 heterocycles. The molecule has 0 amide bonds. The number of nitrogens with one attached hydrogen (secondary N) is 1. The van der Waals surface area contributed by atoms with Gasteiger partial charge in [0.2, 0.25) is 0 Å². The zero-order valence-electron chi connectivity index (χ0n) is 11.2. The van der Waals surface area contributed by atoms with Gasteiger partial charge in [-0.2, -0.15) is 0 Å². The van der Waals surface area contributed by atoms with Crippen LogP contribution in [0.15, 0.2) is 17.5 Å². The van der Waals surface area contributed by atoms with E-state index < -0.39 is 0 Å². The van der Waals surface area contributed by atoms with Gasteiger partial charge < -0.3 is 0 Å². The minimum Gasteiger partial charge on any atom is -0.271 e. The van der Waals surface area contributed by atoms with Crippen molar-refractivity contribution in [2.45, 2.75) is 63.8 Å². The van der Waals surface area contributed by atoms with E-state index in [9.17, 15) is 0 Å². The highest BCUT2D eigenvalue weighted by atomic mass is 32.1. The van der Waals surface area contributed by atoms with Crippen molar-refractivity contribution in [3.05, 3.63) is 22.4 Å². The van der Waals surface area contributed by atoms with Crippen LogP contribution < -0.4 is 11.3 Å². The van der Waals surface area contributed by atoms with Gasteiger partial charge in [-0.1, -0.05) is 38.2 Å². The van der Waals surface area contributed by atoms with Gasteiger partial charge in [0, 0.05) is 10.9 Å². The molecule has 2 nitrogen and oxygen atoms in total. The highest BCUT2D eigenvalue weighted by molar-refractivity contribution is 7.09. The highest BCUT2D eigenvalue weighted by Crippen LogP contribution is 2.28. The van der Waals surface area contributed by atoms with E-state index in [4.69, 9.17) is 5.84 Å². The van der Waals surface area contributed by atoms with Crippen molar-refractivity contribution >= 4 is 11.3 Å². The average molecular weight is 266 g/mol. The van der Waals surface area contributed by atoms with Crippen LogP contribution in [0.3, 0.4) is 0 Å². The summed E-state index contributed by atoms with van der Waals surface area (Å²) in [6, 6.07) is 4.85. The van der Waals surface area contributed by atoms with Crippen molar-refractivity contribution < 1.29 is 0 Å². The number of hydrazine groups is 1. The first-order valence-corrected chi connectivity index (χ1v) is 8.25. The van der Waals surface area contributed by atoms with Crippen LogP contribution in [0.4, 0.5) is 0 Å². The zero-order valence-corrected chi connectivity index (χ0v) is 12.1. The molecule has 1 atom stereocenters. The van der Waals surface area contributed by atoms with Crippen LogP contribution in [-0.2, 0) is 6.42 Å². The van der Waals surface area contributed by atoms with Crippen LogP contribution >= 0.6 is 11.3 Å². The van der Waals surface area contributed by atoms with Gasteiger partial charge in [-0.15, -0.1) is 11.3 Å². The minimum atomic E-state index is 0.494. The Bertz CT molecular complexity index is 304. The Hall–Kier alpha value is -0.380. The van der Waals surface area contributed by atoms with Gasteiger partial charge in [0.25, 0.3) is 0 Å². The molecular weight excluding hydrogens is 240 g/mol. The maximum atomic E-state index is 5.68. The Balaban J connectivity index is 1.65. The zero-order chi connectivity index (χ0) is 12.6. The van der Waals surface area contributed by atoms with Crippen molar-refractivity contribution in [2.24, 2.45) is 11.8 Å². The van der Waals surface area contributed by atoms with Crippen molar-refractivity contribution in [3.8, 4) is 0 Å². The summed E-state index contributed by atoms with van der Waals surface area (Å²) in [5, 5.41) is 2.16. The number of aryl methyl sites for hydroxylation is 1. The van der Waals surface area contributed by atoms with E-state index in [1.54, 1.807) is 0 Å². The summed E-state index contributed by atoms with van der Waals surface area (Å²) in [5.41, 5.74) is 3.01. The number of rotatable bonds is 7. The average Bonchev–Trinajstić information content (AvgIpc) is 2.93. The summed E-state index contributed by atoms with van der Waals surface area (Å²) >= 11 is 1.85. The molecular formula is C15H26N2S. The van der Waals surface area contributed by atoms with Crippen LogP contribution in [0.2, 0.25) is 0 Å². The van der Waals surface area contributed by atoms with Crippen molar-refractivity contribution in [1.29, 1.82) is 0 Å². The lowest BCUT2D eigenvalue weighted by atomic mass is 9.85. The lowest BCUT2D eigenvalue weighted by Crippen LogP contribution is -2.35. The lowest BCUT2D eigenvalue weighted by molar-refractivity contribution is 0.309. The summed E-state index contributed by atoms with van der Waals surface area (Å²) in [4.78, 5) is 1.48. The molecule has 3 N–H and O–H groups in total. The maximum absolute atomic E-state index is 5.68. The Morgan fingerprint density at radius 3 is 2.78 bits per heavy atom. The largest absolute Gasteiger partial charge is 0.271 e. The van der Waals surface area contributed by atoms with E-state index in [1.807, 2.05) is 11.3 Å². The van der Waals surface area contributed by atoms with Crippen molar-refractivity contribution in [2.75, 3.05) is 0 Å². The molecule has 0 spiro atoms. The fourth-order valence-electron chi connectivity index (χ4n) is 3.00. The second-order valence-corrected chi connectivity index (χ2v) is 6.60. The molecule has 0 aliphatic heterocycles. The predicted molar refractivity (Wildman–Crippen MR) is 79.6 cm³/mol. The molecule has 18 heavy (non-hydrogen) atoms. The van der Waals surface area contributed by atoms with E-state index in [0.717, 1.165) is 12.3 Å². The Labute approximate surface area is 115 Å². The molecule has 0 aromatic carbocycles. The van der Waals surface area contributed by atoms with Gasteiger partial charge in [0.15, 0.2) is 0 Å². The highest BCUT2D eigenvalue weighted by Gasteiger charge is 2.15. The normalized spacial score (nSPS) is 18.9. The van der Waals surface area contributed by atoms with E-state index in [-0.39, 0.29) is 0 Å². The molecule has 0 bridgehead atoms. The first kappa shape index (κ1) is 14.0. The molecule has 1 aliphatic carbocycles. The number of hydrogen-bond acceptors (Lipinski definition) is 3. The summed E-state index contributed by atoms with van der Waals surface area (Å²) in [6.45, 7) is 0. The fourth-order valence-corrected chi connectivity index (χ4v) is 3.72. The standard InChI is InChI=1S/C15H26N2S/c16-17-14(10-11-15-7-4-12-18-15)9-8-13-5-2-1-3-6-13/h4,7,12-14,17H,1-3,5-6,8-11,16H2. The van der Waals surface area contributed by atoms with Crippen molar-refractivity contribution in [1.82, 2.24) is 5.43 Å².